The maximum absolute atomic E-state index is 9.22. The van der Waals surface area contributed by atoms with Crippen LogP contribution < -0.4 is 11.1 Å². The van der Waals surface area contributed by atoms with Crippen molar-refractivity contribution in [1.82, 2.24) is 9.97 Å². The Morgan fingerprint density at radius 2 is 2.12 bits per heavy atom. The SMILES string of the molecule is CCc1nc(N)c(C)c(NCC2CC(O)C2)n1. The van der Waals surface area contributed by atoms with E-state index in [1.54, 1.807) is 0 Å². The van der Waals surface area contributed by atoms with Crippen LogP contribution in [0.15, 0.2) is 0 Å². The molecule has 0 radical (unpaired) electrons. The van der Waals surface area contributed by atoms with Gasteiger partial charge in [-0.1, -0.05) is 6.92 Å². The van der Waals surface area contributed by atoms with Crippen molar-refractivity contribution in [3.8, 4) is 0 Å². The van der Waals surface area contributed by atoms with Gasteiger partial charge >= 0.3 is 0 Å². The zero-order valence-electron chi connectivity index (χ0n) is 10.4. The van der Waals surface area contributed by atoms with Crippen LogP contribution in [-0.4, -0.2) is 27.7 Å². The van der Waals surface area contributed by atoms with E-state index in [4.69, 9.17) is 5.73 Å². The number of nitrogens with zero attached hydrogens (tertiary/aromatic N) is 2. The Hall–Kier alpha value is -1.36. The van der Waals surface area contributed by atoms with Gasteiger partial charge < -0.3 is 16.2 Å². The van der Waals surface area contributed by atoms with E-state index in [-0.39, 0.29) is 6.10 Å². The Balaban J connectivity index is 2.01. The molecule has 0 aromatic carbocycles. The fraction of sp³-hybridized carbons (Fsp3) is 0.667. The predicted octanol–water partition coefficient (Wildman–Crippen LogP) is 1.11. The van der Waals surface area contributed by atoms with Gasteiger partial charge in [-0.15, -0.1) is 0 Å². The summed E-state index contributed by atoms with van der Waals surface area (Å²) in [5.41, 5.74) is 6.75. The van der Waals surface area contributed by atoms with E-state index in [0.717, 1.165) is 43.0 Å². The van der Waals surface area contributed by atoms with E-state index < -0.39 is 0 Å². The van der Waals surface area contributed by atoms with Gasteiger partial charge in [0.15, 0.2) is 0 Å². The van der Waals surface area contributed by atoms with Gasteiger partial charge in [0, 0.05) is 18.5 Å². The van der Waals surface area contributed by atoms with Gasteiger partial charge in [-0.3, -0.25) is 0 Å². The van der Waals surface area contributed by atoms with E-state index in [9.17, 15) is 5.11 Å². The zero-order valence-corrected chi connectivity index (χ0v) is 10.4. The number of hydrogen-bond donors (Lipinski definition) is 3. The van der Waals surface area contributed by atoms with Crippen LogP contribution in [0.5, 0.6) is 0 Å². The van der Waals surface area contributed by atoms with Gasteiger partial charge in [0.2, 0.25) is 0 Å². The summed E-state index contributed by atoms with van der Waals surface area (Å²) in [7, 11) is 0. The van der Waals surface area contributed by atoms with Crippen LogP contribution in [-0.2, 0) is 6.42 Å². The molecule has 0 spiro atoms. The molecular weight excluding hydrogens is 216 g/mol. The minimum Gasteiger partial charge on any atom is -0.393 e. The molecule has 1 heterocycles. The molecule has 1 aliphatic carbocycles. The summed E-state index contributed by atoms with van der Waals surface area (Å²) in [6, 6.07) is 0. The van der Waals surface area contributed by atoms with Gasteiger partial charge in [0.25, 0.3) is 0 Å². The molecule has 2 rings (SSSR count). The number of aromatic nitrogens is 2. The van der Waals surface area contributed by atoms with Crippen LogP contribution in [0, 0.1) is 12.8 Å². The summed E-state index contributed by atoms with van der Waals surface area (Å²) in [4.78, 5) is 8.65. The summed E-state index contributed by atoms with van der Waals surface area (Å²) in [6.45, 7) is 4.78. The minimum absolute atomic E-state index is 0.107. The molecule has 5 nitrogen and oxygen atoms in total. The molecule has 1 saturated carbocycles. The van der Waals surface area contributed by atoms with Crippen molar-refractivity contribution in [2.45, 2.75) is 39.2 Å². The Bertz CT molecular complexity index is 402. The first-order valence-electron chi connectivity index (χ1n) is 6.15. The molecule has 0 saturated heterocycles. The van der Waals surface area contributed by atoms with Crippen molar-refractivity contribution in [2.75, 3.05) is 17.6 Å². The van der Waals surface area contributed by atoms with Gasteiger partial charge in [-0.2, -0.15) is 0 Å². The Morgan fingerprint density at radius 3 is 2.71 bits per heavy atom. The number of aryl methyl sites for hydroxylation is 1. The molecule has 5 heteroatoms. The third kappa shape index (κ3) is 2.66. The highest BCUT2D eigenvalue weighted by Gasteiger charge is 2.26. The second kappa shape index (κ2) is 4.87. The van der Waals surface area contributed by atoms with Crippen LogP contribution in [0.4, 0.5) is 11.6 Å². The van der Waals surface area contributed by atoms with Gasteiger partial charge in [0.1, 0.15) is 17.5 Å². The van der Waals surface area contributed by atoms with Crippen LogP contribution in [0.25, 0.3) is 0 Å². The van der Waals surface area contributed by atoms with Crippen LogP contribution >= 0.6 is 0 Å². The van der Waals surface area contributed by atoms with E-state index in [1.165, 1.54) is 0 Å². The molecule has 0 aliphatic heterocycles. The Labute approximate surface area is 101 Å². The van der Waals surface area contributed by atoms with E-state index >= 15 is 0 Å². The highest BCUT2D eigenvalue weighted by atomic mass is 16.3. The van der Waals surface area contributed by atoms with Crippen molar-refractivity contribution in [3.05, 3.63) is 11.4 Å². The molecule has 0 bridgehead atoms. The maximum Gasteiger partial charge on any atom is 0.134 e. The van der Waals surface area contributed by atoms with Crippen LogP contribution in [0.2, 0.25) is 0 Å². The zero-order chi connectivity index (χ0) is 12.4. The lowest BCUT2D eigenvalue weighted by Gasteiger charge is -2.31. The quantitative estimate of drug-likeness (QED) is 0.729. The van der Waals surface area contributed by atoms with E-state index in [2.05, 4.69) is 15.3 Å². The van der Waals surface area contributed by atoms with Crippen molar-refractivity contribution in [2.24, 2.45) is 5.92 Å². The van der Waals surface area contributed by atoms with Gasteiger partial charge in [-0.05, 0) is 25.7 Å². The number of nitrogen functional groups attached to an aromatic ring is 1. The molecule has 1 aromatic heterocycles. The van der Waals surface area contributed by atoms with Crippen molar-refractivity contribution in [1.29, 1.82) is 0 Å². The topological polar surface area (TPSA) is 84.1 Å². The summed E-state index contributed by atoms with van der Waals surface area (Å²) in [5, 5.41) is 12.5. The number of nitrogens with two attached hydrogens (primary N) is 1. The summed E-state index contributed by atoms with van der Waals surface area (Å²) in [6.07, 6.45) is 2.44. The monoisotopic (exact) mass is 236 g/mol. The lowest BCUT2D eigenvalue weighted by Crippen LogP contribution is -2.33. The second-order valence-corrected chi connectivity index (χ2v) is 4.72. The third-order valence-corrected chi connectivity index (χ3v) is 3.32. The Kier molecular flexibility index (Phi) is 3.47. The maximum atomic E-state index is 9.22. The third-order valence-electron chi connectivity index (χ3n) is 3.32. The minimum atomic E-state index is -0.107. The first kappa shape index (κ1) is 12.1. The average Bonchev–Trinajstić information content (AvgIpc) is 2.27. The van der Waals surface area contributed by atoms with Crippen molar-refractivity contribution < 1.29 is 5.11 Å². The molecule has 1 fully saturated rings. The fourth-order valence-corrected chi connectivity index (χ4v) is 2.02. The summed E-state index contributed by atoms with van der Waals surface area (Å²) in [5.74, 6) is 2.69. The summed E-state index contributed by atoms with van der Waals surface area (Å²) < 4.78 is 0. The molecule has 0 unspecified atom stereocenters. The van der Waals surface area contributed by atoms with Crippen LogP contribution in [0.3, 0.4) is 0 Å². The predicted molar refractivity (Wildman–Crippen MR) is 67.8 cm³/mol. The van der Waals surface area contributed by atoms with Gasteiger partial charge in [-0.25, -0.2) is 9.97 Å². The molecule has 0 amide bonds. The highest BCUT2D eigenvalue weighted by Crippen LogP contribution is 2.27. The smallest absolute Gasteiger partial charge is 0.134 e. The van der Waals surface area contributed by atoms with Crippen LogP contribution in [0.1, 0.15) is 31.2 Å². The van der Waals surface area contributed by atoms with E-state index in [1.807, 2.05) is 13.8 Å². The number of anilines is 2. The lowest BCUT2D eigenvalue weighted by atomic mass is 9.82. The standard InChI is InChI=1S/C12H20N4O/c1-3-10-15-11(13)7(2)12(16-10)14-6-8-4-9(17)5-8/h8-9,17H,3-6H2,1-2H3,(H3,13,14,15,16). The largest absolute Gasteiger partial charge is 0.393 e. The molecule has 4 N–H and O–H groups in total. The van der Waals surface area contributed by atoms with Gasteiger partial charge in [0.05, 0.1) is 6.10 Å². The number of hydrogen-bond acceptors (Lipinski definition) is 5. The normalized spacial score (nSPS) is 23.2. The number of nitrogens with one attached hydrogen (secondary N) is 1. The molecule has 94 valence electrons. The first-order valence-corrected chi connectivity index (χ1v) is 6.15. The van der Waals surface area contributed by atoms with E-state index in [0.29, 0.717) is 11.7 Å². The summed E-state index contributed by atoms with van der Waals surface area (Å²) >= 11 is 0. The fourth-order valence-electron chi connectivity index (χ4n) is 2.02. The molecular formula is C12H20N4O. The highest BCUT2D eigenvalue weighted by molar-refractivity contribution is 5.54. The molecule has 17 heavy (non-hydrogen) atoms. The second-order valence-electron chi connectivity index (χ2n) is 4.72. The molecule has 1 aliphatic rings. The number of aliphatic hydroxyl groups is 1. The number of rotatable bonds is 4. The first-order chi connectivity index (χ1) is 8.10. The van der Waals surface area contributed by atoms with Crippen molar-refractivity contribution >= 4 is 11.6 Å². The molecule has 1 aromatic rings. The van der Waals surface area contributed by atoms with Crippen molar-refractivity contribution in [3.63, 3.8) is 0 Å². The average molecular weight is 236 g/mol. The molecule has 0 atom stereocenters. The number of aliphatic hydroxyl groups excluding tert-OH is 1. The Morgan fingerprint density at radius 1 is 1.41 bits per heavy atom. The lowest BCUT2D eigenvalue weighted by molar-refractivity contribution is 0.0486.